The summed E-state index contributed by atoms with van der Waals surface area (Å²) in [6.07, 6.45) is -3.78. The number of rotatable bonds is 6. The van der Waals surface area contributed by atoms with Gasteiger partial charge in [0.15, 0.2) is 0 Å². The second-order valence-electron chi connectivity index (χ2n) is 7.61. The highest BCUT2D eigenvalue weighted by Gasteiger charge is 2.34. The lowest BCUT2D eigenvalue weighted by Crippen LogP contribution is -2.47. The zero-order chi connectivity index (χ0) is 23.5. The first-order valence-corrected chi connectivity index (χ1v) is 11.3. The zero-order valence-corrected chi connectivity index (χ0v) is 18.1. The molecule has 1 saturated heterocycles. The summed E-state index contributed by atoms with van der Waals surface area (Å²) in [5.74, 6) is -0.686. The molecule has 1 aliphatic heterocycles. The van der Waals surface area contributed by atoms with Gasteiger partial charge in [0, 0.05) is 31.9 Å². The molecule has 0 unspecified atom stereocenters. The number of nitrogens with one attached hydrogen (secondary N) is 1. The Labute approximate surface area is 183 Å². The number of likely N-dealkylation sites (tertiary alicyclic amines) is 1. The van der Waals surface area contributed by atoms with E-state index in [4.69, 9.17) is 0 Å². The molecule has 1 N–H and O–H groups in total. The van der Waals surface area contributed by atoms with Crippen molar-refractivity contribution in [3.63, 3.8) is 0 Å². The van der Waals surface area contributed by atoms with Crippen LogP contribution in [0.4, 0.5) is 23.2 Å². The highest BCUT2D eigenvalue weighted by Crippen LogP contribution is 2.31. The van der Waals surface area contributed by atoms with Crippen LogP contribution in [0.3, 0.4) is 0 Å². The predicted octanol–water partition coefficient (Wildman–Crippen LogP) is 3.57. The van der Waals surface area contributed by atoms with Gasteiger partial charge in [-0.2, -0.15) is 17.5 Å². The van der Waals surface area contributed by atoms with Gasteiger partial charge in [-0.3, -0.25) is 9.69 Å². The van der Waals surface area contributed by atoms with E-state index in [1.165, 1.54) is 31.3 Å². The summed E-state index contributed by atoms with van der Waals surface area (Å²) < 4.78 is 78.6. The molecule has 0 bridgehead atoms. The molecule has 1 heterocycles. The van der Waals surface area contributed by atoms with Gasteiger partial charge >= 0.3 is 6.18 Å². The maximum Gasteiger partial charge on any atom is 0.416 e. The second kappa shape index (κ2) is 9.55. The van der Waals surface area contributed by atoms with Gasteiger partial charge in [-0.05, 0) is 55.3 Å². The van der Waals surface area contributed by atoms with Crippen molar-refractivity contribution in [1.82, 2.24) is 9.21 Å². The summed E-state index contributed by atoms with van der Waals surface area (Å²) in [4.78, 5) is 13.6. The average Bonchev–Trinajstić information content (AvgIpc) is 2.75. The van der Waals surface area contributed by atoms with Gasteiger partial charge in [0.1, 0.15) is 5.82 Å². The molecule has 32 heavy (non-hydrogen) atoms. The quantitative estimate of drug-likeness (QED) is 0.652. The number of halogens is 4. The van der Waals surface area contributed by atoms with Gasteiger partial charge < -0.3 is 5.32 Å². The van der Waals surface area contributed by atoms with Crippen molar-refractivity contribution in [2.24, 2.45) is 0 Å². The lowest BCUT2D eigenvalue weighted by molar-refractivity contribution is -0.137. The van der Waals surface area contributed by atoms with E-state index >= 15 is 0 Å². The molecule has 2 aromatic carbocycles. The molecule has 1 aliphatic rings. The number of sulfonamides is 1. The third kappa shape index (κ3) is 5.84. The van der Waals surface area contributed by atoms with Crippen molar-refractivity contribution >= 4 is 21.6 Å². The molecule has 1 fully saturated rings. The Morgan fingerprint density at radius 3 is 2.34 bits per heavy atom. The van der Waals surface area contributed by atoms with Crippen molar-refractivity contribution in [1.29, 1.82) is 0 Å². The summed E-state index contributed by atoms with van der Waals surface area (Å²) in [6, 6.07) is 8.67. The summed E-state index contributed by atoms with van der Waals surface area (Å²) in [5, 5.41) is 2.67. The SMILES string of the molecule is CN(C1CCN(CC(=O)Nc2ccc(F)cc2)CC1)S(=O)(=O)c1cccc(C(F)(F)F)c1. The van der Waals surface area contributed by atoms with Crippen LogP contribution in [0.2, 0.25) is 0 Å². The van der Waals surface area contributed by atoms with Gasteiger partial charge in [-0.25, -0.2) is 12.8 Å². The van der Waals surface area contributed by atoms with Gasteiger partial charge in [0.05, 0.1) is 17.0 Å². The maximum atomic E-state index is 13.0. The smallest absolute Gasteiger partial charge is 0.325 e. The molecule has 0 radical (unpaired) electrons. The molecule has 6 nitrogen and oxygen atoms in total. The monoisotopic (exact) mass is 473 g/mol. The second-order valence-corrected chi connectivity index (χ2v) is 9.61. The molecule has 3 rings (SSSR count). The van der Waals surface area contributed by atoms with E-state index < -0.39 is 38.5 Å². The number of anilines is 1. The van der Waals surface area contributed by atoms with Crippen molar-refractivity contribution in [3.05, 3.63) is 59.9 Å². The molecular weight excluding hydrogens is 450 g/mol. The third-order valence-electron chi connectivity index (χ3n) is 5.40. The normalized spacial score (nSPS) is 16.3. The molecular formula is C21H23F4N3O3S. The zero-order valence-electron chi connectivity index (χ0n) is 17.3. The molecule has 2 aromatic rings. The number of hydrogen-bond donors (Lipinski definition) is 1. The summed E-state index contributed by atoms with van der Waals surface area (Å²) in [7, 11) is -2.74. The average molecular weight is 473 g/mol. The van der Waals surface area contributed by atoms with E-state index in [2.05, 4.69) is 5.32 Å². The Kier molecular flexibility index (Phi) is 7.21. The molecule has 174 valence electrons. The van der Waals surface area contributed by atoms with E-state index in [1.807, 2.05) is 4.90 Å². The van der Waals surface area contributed by atoms with Crippen LogP contribution in [0.5, 0.6) is 0 Å². The Morgan fingerprint density at radius 2 is 1.75 bits per heavy atom. The molecule has 0 aliphatic carbocycles. The predicted molar refractivity (Wildman–Crippen MR) is 111 cm³/mol. The summed E-state index contributed by atoms with van der Waals surface area (Å²) in [6.45, 7) is 0.988. The van der Waals surface area contributed by atoms with E-state index in [9.17, 15) is 30.8 Å². The van der Waals surface area contributed by atoms with Crippen molar-refractivity contribution in [2.45, 2.75) is 30.0 Å². The first-order chi connectivity index (χ1) is 15.0. The number of carbonyl (C=O) groups excluding carboxylic acids is 1. The Hall–Kier alpha value is -2.50. The molecule has 0 atom stereocenters. The number of benzene rings is 2. The largest absolute Gasteiger partial charge is 0.416 e. The highest BCUT2D eigenvalue weighted by atomic mass is 32.2. The van der Waals surface area contributed by atoms with E-state index in [0.29, 0.717) is 37.7 Å². The van der Waals surface area contributed by atoms with Crippen LogP contribution in [0.15, 0.2) is 53.4 Å². The van der Waals surface area contributed by atoms with Crippen LogP contribution < -0.4 is 5.32 Å². The van der Waals surface area contributed by atoms with Crippen LogP contribution in [0.1, 0.15) is 18.4 Å². The number of alkyl halides is 3. The number of nitrogens with zero attached hydrogens (tertiary/aromatic N) is 2. The molecule has 11 heteroatoms. The van der Waals surface area contributed by atoms with E-state index in [1.54, 1.807) is 0 Å². The van der Waals surface area contributed by atoms with Gasteiger partial charge in [-0.1, -0.05) is 6.07 Å². The van der Waals surface area contributed by atoms with Crippen LogP contribution in [0, 0.1) is 5.82 Å². The van der Waals surface area contributed by atoms with Crippen molar-refractivity contribution in [2.75, 3.05) is 32.0 Å². The Bertz CT molecular complexity index is 1050. The van der Waals surface area contributed by atoms with Gasteiger partial charge in [0.25, 0.3) is 0 Å². The number of hydrogen-bond acceptors (Lipinski definition) is 4. The molecule has 1 amide bonds. The van der Waals surface area contributed by atoms with Gasteiger partial charge in [-0.15, -0.1) is 0 Å². The van der Waals surface area contributed by atoms with Crippen LogP contribution in [-0.2, 0) is 21.0 Å². The topological polar surface area (TPSA) is 69.7 Å². The number of piperidine rings is 1. The minimum absolute atomic E-state index is 0.0915. The third-order valence-corrected chi connectivity index (χ3v) is 7.31. The first-order valence-electron chi connectivity index (χ1n) is 9.90. The lowest BCUT2D eigenvalue weighted by atomic mass is 10.1. The fourth-order valence-corrected chi connectivity index (χ4v) is 5.04. The molecule has 0 spiro atoms. The fourth-order valence-electron chi connectivity index (χ4n) is 3.57. The minimum atomic E-state index is -4.63. The number of amides is 1. The molecule has 0 saturated carbocycles. The summed E-state index contributed by atoms with van der Waals surface area (Å²) in [5.41, 5.74) is -0.549. The Morgan fingerprint density at radius 1 is 1.12 bits per heavy atom. The van der Waals surface area contributed by atoms with Gasteiger partial charge in [0.2, 0.25) is 15.9 Å². The summed E-state index contributed by atoms with van der Waals surface area (Å²) >= 11 is 0. The standard InChI is InChI=1S/C21H23F4N3O3S/c1-27(32(30,31)19-4-2-3-15(13-19)21(23,24)25)18-9-11-28(12-10-18)14-20(29)26-17-7-5-16(22)6-8-17/h2-8,13,18H,9-12,14H2,1H3,(H,26,29). The number of carbonyl (C=O) groups is 1. The Balaban J connectivity index is 1.57. The van der Waals surface area contributed by atoms with Crippen LogP contribution in [-0.4, -0.2) is 56.3 Å². The van der Waals surface area contributed by atoms with Crippen molar-refractivity contribution in [3.8, 4) is 0 Å². The van der Waals surface area contributed by atoms with Crippen LogP contribution in [0.25, 0.3) is 0 Å². The van der Waals surface area contributed by atoms with E-state index in [0.717, 1.165) is 22.5 Å². The van der Waals surface area contributed by atoms with Crippen molar-refractivity contribution < 1.29 is 30.8 Å². The first kappa shape index (κ1) is 24.1. The lowest BCUT2D eigenvalue weighted by Gasteiger charge is -2.35. The van der Waals surface area contributed by atoms with Crippen LogP contribution >= 0.6 is 0 Å². The fraction of sp³-hybridized carbons (Fsp3) is 0.381. The molecule has 0 aromatic heterocycles. The maximum absolute atomic E-state index is 13.0. The van der Waals surface area contributed by atoms with E-state index in [-0.39, 0.29) is 12.5 Å². The minimum Gasteiger partial charge on any atom is -0.325 e. The highest BCUT2D eigenvalue weighted by molar-refractivity contribution is 7.89.